The molecule has 2 N–H and O–H groups in total. The second-order valence-electron chi connectivity index (χ2n) is 4.84. The molecule has 1 aromatic heterocycles. The molecule has 0 bridgehead atoms. The third-order valence-corrected chi connectivity index (χ3v) is 3.07. The minimum Gasteiger partial charge on any atom is -0.352 e. The zero-order chi connectivity index (χ0) is 15.2. The molecule has 0 atom stereocenters. The lowest BCUT2D eigenvalue weighted by Crippen LogP contribution is -2.24. The summed E-state index contributed by atoms with van der Waals surface area (Å²) >= 11 is 6.05. The van der Waals surface area contributed by atoms with Crippen molar-refractivity contribution in [1.29, 1.82) is 0 Å². The first-order valence-electron chi connectivity index (χ1n) is 6.67. The highest BCUT2D eigenvalue weighted by atomic mass is 35.5. The van der Waals surface area contributed by atoms with Gasteiger partial charge < -0.3 is 10.6 Å². The van der Waals surface area contributed by atoms with Crippen LogP contribution in [0.25, 0.3) is 0 Å². The van der Waals surface area contributed by atoms with Crippen molar-refractivity contribution in [3.8, 4) is 0 Å². The molecule has 1 amide bonds. The van der Waals surface area contributed by atoms with Crippen molar-refractivity contribution in [3.63, 3.8) is 0 Å². The van der Waals surface area contributed by atoms with Crippen molar-refractivity contribution in [3.05, 3.63) is 52.8 Å². The normalized spacial score (nSPS) is 10.5. The average Bonchev–Trinajstić information content (AvgIpc) is 2.45. The number of anilines is 1. The summed E-state index contributed by atoms with van der Waals surface area (Å²) in [6.07, 6.45) is 1.56. The Morgan fingerprint density at radius 3 is 2.76 bits per heavy atom. The van der Waals surface area contributed by atoms with Gasteiger partial charge in [-0.2, -0.15) is 0 Å². The third kappa shape index (κ3) is 4.43. The van der Waals surface area contributed by atoms with E-state index in [9.17, 15) is 4.79 Å². The predicted octanol–water partition coefficient (Wildman–Crippen LogP) is 2.88. The fraction of sp³-hybridized carbons (Fsp3) is 0.267. The van der Waals surface area contributed by atoms with Gasteiger partial charge in [-0.25, -0.2) is 9.97 Å². The highest BCUT2D eigenvalue weighted by Crippen LogP contribution is 2.14. The molecule has 0 radical (unpaired) electrons. The van der Waals surface area contributed by atoms with Crippen molar-refractivity contribution < 1.29 is 4.79 Å². The largest absolute Gasteiger partial charge is 0.352 e. The van der Waals surface area contributed by atoms with Crippen LogP contribution in [-0.4, -0.2) is 21.9 Å². The summed E-state index contributed by atoms with van der Waals surface area (Å²) in [5.41, 5.74) is 1.18. The molecule has 0 aliphatic carbocycles. The zero-order valence-electron chi connectivity index (χ0n) is 11.9. The van der Waals surface area contributed by atoms with E-state index in [-0.39, 0.29) is 11.9 Å². The molecule has 2 rings (SSSR count). The van der Waals surface area contributed by atoms with Gasteiger partial charge in [0, 0.05) is 23.8 Å². The van der Waals surface area contributed by atoms with Gasteiger partial charge in [0.15, 0.2) is 0 Å². The number of nitrogens with zero attached hydrogens (tertiary/aromatic N) is 2. The first kappa shape index (κ1) is 15.3. The predicted molar refractivity (Wildman–Crippen MR) is 83.4 cm³/mol. The first-order valence-corrected chi connectivity index (χ1v) is 7.05. The molecular weight excluding hydrogens is 288 g/mol. The molecular formula is C15H17ClN4O. The molecule has 0 aliphatic rings. The van der Waals surface area contributed by atoms with Crippen LogP contribution in [-0.2, 0) is 6.54 Å². The number of aromatic nitrogens is 2. The fourth-order valence-corrected chi connectivity index (χ4v) is 1.92. The summed E-state index contributed by atoms with van der Waals surface area (Å²) in [6.45, 7) is 4.32. The monoisotopic (exact) mass is 304 g/mol. The van der Waals surface area contributed by atoms with Gasteiger partial charge in [0.05, 0.1) is 0 Å². The van der Waals surface area contributed by atoms with Crippen molar-refractivity contribution >= 4 is 23.5 Å². The average molecular weight is 305 g/mol. The molecule has 110 valence electrons. The maximum absolute atomic E-state index is 12.1. The van der Waals surface area contributed by atoms with Crippen molar-refractivity contribution in [2.45, 2.75) is 26.4 Å². The molecule has 0 saturated carbocycles. The third-order valence-electron chi connectivity index (χ3n) is 2.70. The fourth-order valence-electron chi connectivity index (χ4n) is 1.72. The zero-order valence-corrected chi connectivity index (χ0v) is 12.7. The van der Waals surface area contributed by atoms with Gasteiger partial charge in [0.25, 0.3) is 5.91 Å². The summed E-state index contributed by atoms with van der Waals surface area (Å²) < 4.78 is 0. The van der Waals surface area contributed by atoms with E-state index >= 15 is 0 Å². The van der Waals surface area contributed by atoms with E-state index in [0.717, 1.165) is 5.56 Å². The van der Waals surface area contributed by atoms with E-state index in [4.69, 9.17) is 11.6 Å². The summed E-state index contributed by atoms with van der Waals surface area (Å²) in [5, 5.41) is 6.48. The van der Waals surface area contributed by atoms with Crippen LogP contribution in [0.15, 0.2) is 36.5 Å². The minimum absolute atomic E-state index is 0.200. The Morgan fingerprint density at radius 1 is 1.29 bits per heavy atom. The topological polar surface area (TPSA) is 66.9 Å². The van der Waals surface area contributed by atoms with Crippen molar-refractivity contribution in [2.24, 2.45) is 0 Å². The summed E-state index contributed by atoms with van der Waals surface area (Å²) in [6, 6.07) is 9.16. The van der Waals surface area contributed by atoms with Gasteiger partial charge in [-0.15, -0.1) is 0 Å². The molecule has 0 unspecified atom stereocenters. The number of halogens is 1. The van der Waals surface area contributed by atoms with Gasteiger partial charge >= 0.3 is 0 Å². The number of benzene rings is 1. The van der Waals surface area contributed by atoms with E-state index < -0.39 is 0 Å². The molecule has 21 heavy (non-hydrogen) atoms. The summed E-state index contributed by atoms with van der Waals surface area (Å²) in [5.74, 6) is 0.180. The maximum atomic E-state index is 12.1. The standard InChI is InChI=1S/C15H17ClN4O/c1-10(2)19-15-17-8-7-13(20-15)14(21)18-9-11-5-3-4-6-12(11)16/h3-8,10H,9H2,1-2H3,(H,18,21)(H,17,19,20). The Balaban J connectivity index is 2.02. The Hall–Kier alpha value is -2.14. The smallest absolute Gasteiger partial charge is 0.270 e. The Morgan fingerprint density at radius 2 is 2.05 bits per heavy atom. The molecule has 1 heterocycles. The van der Waals surface area contributed by atoms with Crippen LogP contribution in [0.4, 0.5) is 5.95 Å². The van der Waals surface area contributed by atoms with Crippen LogP contribution in [0.5, 0.6) is 0 Å². The molecule has 0 spiro atoms. The van der Waals surface area contributed by atoms with Crippen LogP contribution in [0.2, 0.25) is 5.02 Å². The van der Waals surface area contributed by atoms with Crippen LogP contribution < -0.4 is 10.6 Å². The lowest BCUT2D eigenvalue weighted by Gasteiger charge is -2.09. The number of carbonyl (C=O) groups excluding carboxylic acids is 1. The van der Waals surface area contributed by atoms with Crippen LogP contribution >= 0.6 is 11.6 Å². The van der Waals surface area contributed by atoms with Gasteiger partial charge in [-0.05, 0) is 31.5 Å². The van der Waals surface area contributed by atoms with Crippen LogP contribution in [0.1, 0.15) is 29.9 Å². The van der Waals surface area contributed by atoms with E-state index in [1.807, 2.05) is 32.0 Å². The quantitative estimate of drug-likeness (QED) is 0.891. The van der Waals surface area contributed by atoms with E-state index in [1.54, 1.807) is 18.3 Å². The summed E-state index contributed by atoms with van der Waals surface area (Å²) in [4.78, 5) is 20.3. The number of hydrogen-bond acceptors (Lipinski definition) is 4. The number of carbonyl (C=O) groups is 1. The van der Waals surface area contributed by atoms with Gasteiger partial charge in [-0.1, -0.05) is 29.8 Å². The molecule has 0 fully saturated rings. The van der Waals surface area contributed by atoms with Crippen molar-refractivity contribution in [1.82, 2.24) is 15.3 Å². The van der Waals surface area contributed by atoms with Gasteiger partial charge in [0.2, 0.25) is 5.95 Å². The molecule has 1 aromatic carbocycles. The lowest BCUT2D eigenvalue weighted by molar-refractivity contribution is 0.0946. The molecule has 5 nitrogen and oxygen atoms in total. The highest BCUT2D eigenvalue weighted by Gasteiger charge is 2.09. The van der Waals surface area contributed by atoms with Crippen molar-refractivity contribution in [2.75, 3.05) is 5.32 Å². The maximum Gasteiger partial charge on any atom is 0.270 e. The Labute approximate surface area is 128 Å². The lowest BCUT2D eigenvalue weighted by atomic mass is 10.2. The molecule has 6 heteroatoms. The Kier molecular flexibility index (Phi) is 5.11. The number of rotatable bonds is 5. The molecule has 0 saturated heterocycles. The number of hydrogen-bond donors (Lipinski definition) is 2. The minimum atomic E-state index is -0.260. The highest BCUT2D eigenvalue weighted by molar-refractivity contribution is 6.31. The number of nitrogens with one attached hydrogen (secondary N) is 2. The van der Waals surface area contributed by atoms with Gasteiger partial charge in [-0.3, -0.25) is 4.79 Å². The van der Waals surface area contributed by atoms with Crippen LogP contribution in [0.3, 0.4) is 0 Å². The van der Waals surface area contributed by atoms with Gasteiger partial charge in [0.1, 0.15) is 5.69 Å². The first-order chi connectivity index (χ1) is 10.1. The summed E-state index contributed by atoms with van der Waals surface area (Å²) in [7, 11) is 0. The second-order valence-corrected chi connectivity index (χ2v) is 5.25. The SMILES string of the molecule is CC(C)Nc1nccc(C(=O)NCc2ccccc2Cl)n1. The van der Waals surface area contributed by atoms with Crippen LogP contribution in [0, 0.1) is 0 Å². The molecule has 0 aliphatic heterocycles. The molecule has 2 aromatic rings. The van der Waals surface area contributed by atoms with E-state index in [1.165, 1.54) is 0 Å². The van der Waals surface area contributed by atoms with E-state index in [2.05, 4.69) is 20.6 Å². The van der Waals surface area contributed by atoms with E-state index in [0.29, 0.717) is 23.2 Å². The Bertz CT molecular complexity index is 631. The number of amides is 1. The second kappa shape index (κ2) is 7.04.